The van der Waals surface area contributed by atoms with E-state index in [1.54, 1.807) is 12.1 Å². The predicted molar refractivity (Wildman–Crippen MR) is 99.0 cm³/mol. The number of H-pyrrole nitrogens is 1. The summed E-state index contributed by atoms with van der Waals surface area (Å²) in [6.07, 6.45) is 1.23. The Labute approximate surface area is 152 Å². The van der Waals surface area contributed by atoms with Gasteiger partial charge < -0.3 is 10.3 Å². The van der Waals surface area contributed by atoms with Gasteiger partial charge in [0.05, 0.1) is 18.3 Å². The predicted octanol–water partition coefficient (Wildman–Crippen LogP) is 1.55. The Bertz CT molecular complexity index is 1070. The zero-order valence-corrected chi connectivity index (χ0v) is 14.0. The number of hydrogen-bond acceptors (Lipinski definition) is 4. The Morgan fingerprint density at radius 3 is 2.63 bits per heavy atom. The van der Waals surface area contributed by atoms with Crippen molar-refractivity contribution in [3.05, 3.63) is 81.9 Å². The van der Waals surface area contributed by atoms with Gasteiger partial charge >= 0.3 is 0 Å². The monoisotopic (exact) mass is 366 g/mol. The Kier molecular flexibility index (Phi) is 5.36. The number of pyridine rings is 1. The molecule has 0 radical (unpaired) electrons. The molecule has 0 bridgehead atoms. The normalized spacial score (nSPS) is 10.9. The van der Waals surface area contributed by atoms with E-state index >= 15 is 0 Å². The van der Waals surface area contributed by atoms with Crippen molar-refractivity contribution in [1.29, 1.82) is 0 Å². The maximum atomic E-state index is 12.8. The largest absolute Gasteiger partial charge is 0.343 e. The fourth-order valence-electron chi connectivity index (χ4n) is 2.34. The fourth-order valence-corrected chi connectivity index (χ4v) is 2.34. The van der Waals surface area contributed by atoms with E-state index in [0.717, 1.165) is 17.5 Å². The molecule has 3 aromatic rings. The number of carbonyl (C=O) groups excluding carboxylic acids is 2. The van der Waals surface area contributed by atoms with Crippen LogP contribution in [0.15, 0.2) is 64.5 Å². The van der Waals surface area contributed by atoms with E-state index in [2.05, 4.69) is 20.8 Å². The summed E-state index contributed by atoms with van der Waals surface area (Å²) in [6, 6.07) is 13.9. The lowest BCUT2D eigenvalue weighted by molar-refractivity contribution is -0.120. The van der Waals surface area contributed by atoms with Crippen LogP contribution in [0, 0.1) is 5.82 Å². The first kappa shape index (κ1) is 18.0. The van der Waals surface area contributed by atoms with E-state index in [1.807, 2.05) is 18.2 Å². The van der Waals surface area contributed by atoms with Crippen molar-refractivity contribution in [3.63, 3.8) is 0 Å². The zero-order valence-electron chi connectivity index (χ0n) is 14.0. The van der Waals surface area contributed by atoms with E-state index in [4.69, 9.17) is 0 Å². The summed E-state index contributed by atoms with van der Waals surface area (Å²) in [4.78, 5) is 38.2. The SMILES string of the molecule is O=C(CNC(=O)c1ccc(F)cc1)NN=Cc1cc2ccccc2[nH]c1=O. The molecular formula is C19H15FN4O3. The van der Waals surface area contributed by atoms with Gasteiger partial charge in [0.1, 0.15) is 5.82 Å². The van der Waals surface area contributed by atoms with Crippen LogP contribution in [-0.4, -0.2) is 29.6 Å². The first-order valence-electron chi connectivity index (χ1n) is 8.01. The average Bonchev–Trinajstić information content (AvgIpc) is 2.67. The minimum absolute atomic E-state index is 0.232. The van der Waals surface area contributed by atoms with Crippen LogP contribution < -0.4 is 16.3 Å². The molecular weight excluding hydrogens is 351 g/mol. The highest BCUT2D eigenvalue weighted by atomic mass is 19.1. The van der Waals surface area contributed by atoms with Gasteiger partial charge in [0.15, 0.2) is 0 Å². The van der Waals surface area contributed by atoms with Crippen LogP contribution in [0.2, 0.25) is 0 Å². The molecule has 3 rings (SSSR count). The Balaban J connectivity index is 1.56. The Hall–Kier alpha value is -3.81. The van der Waals surface area contributed by atoms with Crippen molar-refractivity contribution in [2.75, 3.05) is 6.54 Å². The summed E-state index contributed by atoms with van der Waals surface area (Å²) >= 11 is 0. The number of halogens is 1. The Morgan fingerprint density at radius 2 is 1.85 bits per heavy atom. The average molecular weight is 366 g/mol. The van der Waals surface area contributed by atoms with Crippen LogP contribution in [-0.2, 0) is 4.79 Å². The fraction of sp³-hybridized carbons (Fsp3) is 0.0526. The van der Waals surface area contributed by atoms with Crippen LogP contribution in [0.1, 0.15) is 15.9 Å². The highest BCUT2D eigenvalue weighted by molar-refractivity contribution is 5.96. The molecule has 0 saturated carbocycles. The first-order chi connectivity index (χ1) is 13.0. The molecule has 0 aliphatic heterocycles. The molecule has 1 aromatic heterocycles. The van der Waals surface area contributed by atoms with Gasteiger partial charge in [-0.2, -0.15) is 5.10 Å². The standard InChI is InChI=1S/C19H15FN4O3/c20-15-7-5-12(6-8-15)18(26)21-11-17(25)24-22-10-14-9-13-3-1-2-4-16(13)23-19(14)27/h1-10H,11H2,(H,21,26)(H,23,27)(H,24,25). The third-order valence-corrected chi connectivity index (χ3v) is 3.69. The molecule has 0 aliphatic carbocycles. The molecule has 0 fully saturated rings. The molecule has 2 aromatic carbocycles. The van der Waals surface area contributed by atoms with Gasteiger partial charge in [-0.05, 0) is 41.8 Å². The van der Waals surface area contributed by atoms with E-state index in [0.29, 0.717) is 5.52 Å². The summed E-state index contributed by atoms with van der Waals surface area (Å²) in [5.74, 6) is -1.54. The zero-order chi connectivity index (χ0) is 19.2. The van der Waals surface area contributed by atoms with E-state index in [1.165, 1.54) is 18.3 Å². The van der Waals surface area contributed by atoms with E-state index in [-0.39, 0.29) is 23.2 Å². The summed E-state index contributed by atoms with van der Waals surface area (Å²) in [7, 11) is 0. The number of carbonyl (C=O) groups is 2. The number of nitrogens with zero attached hydrogens (tertiary/aromatic N) is 1. The minimum atomic E-state index is -0.570. The lowest BCUT2D eigenvalue weighted by atomic mass is 10.2. The maximum Gasteiger partial charge on any atom is 0.259 e. The van der Waals surface area contributed by atoms with Gasteiger partial charge in [-0.3, -0.25) is 14.4 Å². The van der Waals surface area contributed by atoms with Crippen LogP contribution in [0.4, 0.5) is 4.39 Å². The molecule has 0 aliphatic rings. The van der Waals surface area contributed by atoms with E-state index in [9.17, 15) is 18.8 Å². The number of rotatable bonds is 5. The van der Waals surface area contributed by atoms with E-state index < -0.39 is 17.6 Å². The second kappa shape index (κ2) is 8.05. The molecule has 1 heterocycles. The molecule has 0 spiro atoms. The van der Waals surface area contributed by atoms with Crippen molar-refractivity contribution in [1.82, 2.24) is 15.7 Å². The molecule has 3 N–H and O–H groups in total. The summed E-state index contributed by atoms with van der Waals surface area (Å²) in [5, 5.41) is 6.94. The number of hydrazone groups is 1. The second-order valence-corrected chi connectivity index (χ2v) is 5.62. The molecule has 27 heavy (non-hydrogen) atoms. The van der Waals surface area contributed by atoms with Crippen LogP contribution in [0.5, 0.6) is 0 Å². The smallest absolute Gasteiger partial charge is 0.259 e. The number of aromatic nitrogens is 1. The molecule has 7 nitrogen and oxygen atoms in total. The van der Waals surface area contributed by atoms with Gasteiger partial charge in [0.2, 0.25) is 0 Å². The third-order valence-electron chi connectivity index (χ3n) is 3.69. The van der Waals surface area contributed by atoms with Crippen LogP contribution in [0.25, 0.3) is 10.9 Å². The van der Waals surface area contributed by atoms with Gasteiger partial charge in [-0.25, -0.2) is 9.82 Å². The van der Waals surface area contributed by atoms with Crippen molar-refractivity contribution in [2.45, 2.75) is 0 Å². The number of nitrogens with one attached hydrogen (secondary N) is 3. The second-order valence-electron chi connectivity index (χ2n) is 5.62. The number of benzene rings is 2. The van der Waals surface area contributed by atoms with Crippen molar-refractivity contribution >= 4 is 28.9 Å². The lowest BCUT2D eigenvalue weighted by Gasteiger charge is -2.04. The van der Waals surface area contributed by atoms with Gasteiger partial charge in [0.25, 0.3) is 17.4 Å². The number of hydrogen-bond donors (Lipinski definition) is 3. The van der Waals surface area contributed by atoms with Gasteiger partial charge in [0, 0.05) is 11.1 Å². The number of amides is 2. The summed E-state index contributed by atoms with van der Waals surface area (Å²) < 4.78 is 12.8. The van der Waals surface area contributed by atoms with Crippen LogP contribution >= 0.6 is 0 Å². The number of fused-ring (bicyclic) bond motifs is 1. The molecule has 0 atom stereocenters. The summed E-state index contributed by atoms with van der Waals surface area (Å²) in [5.41, 5.74) is 3.10. The van der Waals surface area contributed by atoms with Gasteiger partial charge in [-0.1, -0.05) is 18.2 Å². The highest BCUT2D eigenvalue weighted by Gasteiger charge is 2.07. The maximum absolute atomic E-state index is 12.8. The first-order valence-corrected chi connectivity index (χ1v) is 8.01. The van der Waals surface area contributed by atoms with Crippen molar-refractivity contribution in [3.8, 4) is 0 Å². The lowest BCUT2D eigenvalue weighted by Crippen LogP contribution is -2.35. The molecule has 0 unspecified atom stereocenters. The molecule has 2 amide bonds. The third kappa shape index (κ3) is 4.63. The van der Waals surface area contributed by atoms with Gasteiger partial charge in [-0.15, -0.1) is 0 Å². The quantitative estimate of drug-likeness (QED) is 0.471. The molecule has 0 saturated heterocycles. The highest BCUT2D eigenvalue weighted by Crippen LogP contribution is 2.08. The van der Waals surface area contributed by atoms with Crippen molar-refractivity contribution < 1.29 is 14.0 Å². The minimum Gasteiger partial charge on any atom is -0.343 e. The van der Waals surface area contributed by atoms with Crippen LogP contribution in [0.3, 0.4) is 0 Å². The molecule has 8 heteroatoms. The summed E-state index contributed by atoms with van der Waals surface area (Å²) in [6.45, 7) is -0.318. The molecule has 136 valence electrons. The number of para-hydroxylation sites is 1. The topological polar surface area (TPSA) is 103 Å². The van der Waals surface area contributed by atoms with Crippen molar-refractivity contribution in [2.24, 2.45) is 5.10 Å². The number of aromatic amines is 1. The Morgan fingerprint density at radius 1 is 1.11 bits per heavy atom.